The zero-order chi connectivity index (χ0) is 19.2. The smallest absolute Gasteiger partial charge is 0.257 e. The summed E-state index contributed by atoms with van der Waals surface area (Å²) in [4.78, 5) is 19.2. The summed E-state index contributed by atoms with van der Waals surface area (Å²) in [6.07, 6.45) is 3.41. The molecule has 3 aromatic rings. The van der Waals surface area contributed by atoms with E-state index in [0.29, 0.717) is 5.56 Å². The molecule has 4 heteroatoms. The van der Waals surface area contributed by atoms with Crippen LogP contribution in [0.3, 0.4) is 0 Å². The second-order valence-electron chi connectivity index (χ2n) is 6.76. The Bertz CT molecular complexity index is 902. The van der Waals surface area contributed by atoms with E-state index in [2.05, 4.69) is 40.3 Å². The minimum absolute atomic E-state index is 0.148. The summed E-state index contributed by atoms with van der Waals surface area (Å²) in [7, 11) is 0. The Kier molecular flexibility index (Phi) is 5.87. The Hall–Kier alpha value is -3.14. The zero-order valence-electron chi connectivity index (χ0n) is 16.1. The number of nitrogens with zero attached hydrogens (tertiary/aromatic N) is 2. The van der Waals surface area contributed by atoms with Gasteiger partial charge in [0.2, 0.25) is 0 Å². The van der Waals surface area contributed by atoms with Crippen molar-refractivity contribution in [3.05, 3.63) is 89.2 Å². The fraction of sp³-hybridized carbons (Fsp3) is 0.217. The summed E-state index contributed by atoms with van der Waals surface area (Å²) in [6, 6.07) is 18.2. The molecule has 138 valence electrons. The Labute approximate surface area is 160 Å². The highest BCUT2D eigenvalue weighted by Gasteiger charge is 2.11. The average molecular weight is 359 g/mol. The van der Waals surface area contributed by atoms with Crippen LogP contribution in [0.15, 0.2) is 67.0 Å². The molecule has 0 aliphatic rings. The van der Waals surface area contributed by atoms with Gasteiger partial charge in [-0.1, -0.05) is 36.4 Å². The Morgan fingerprint density at radius 2 is 1.70 bits per heavy atom. The number of hydrogen-bond acceptors (Lipinski definition) is 3. The molecule has 1 aromatic heterocycles. The lowest BCUT2D eigenvalue weighted by Crippen LogP contribution is -2.23. The van der Waals surface area contributed by atoms with E-state index in [4.69, 9.17) is 0 Å². The van der Waals surface area contributed by atoms with Gasteiger partial charge in [-0.25, -0.2) is 0 Å². The molecule has 0 spiro atoms. The summed E-state index contributed by atoms with van der Waals surface area (Å²) in [5.74, 6) is -0.148. The van der Waals surface area contributed by atoms with Crippen LogP contribution < -0.4 is 10.2 Å². The van der Waals surface area contributed by atoms with Gasteiger partial charge in [0.25, 0.3) is 5.91 Å². The molecule has 27 heavy (non-hydrogen) atoms. The van der Waals surface area contributed by atoms with Crippen molar-refractivity contribution >= 4 is 17.3 Å². The summed E-state index contributed by atoms with van der Waals surface area (Å²) in [5, 5.41) is 2.98. The van der Waals surface area contributed by atoms with Crippen LogP contribution in [-0.2, 0) is 6.54 Å². The number of aromatic nitrogens is 1. The van der Waals surface area contributed by atoms with Crippen LogP contribution in [0.25, 0.3) is 0 Å². The Morgan fingerprint density at radius 1 is 1.00 bits per heavy atom. The molecule has 0 radical (unpaired) electrons. The highest BCUT2D eigenvalue weighted by Crippen LogP contribution is 2.19. The van der Waals surface area contributed by atoms with Crippen LogP contribution in [-0.4, -0.2) is 17.4 Å². The number of hydrogen-bond donors (Lipinski definition) is 1. The van der Waals surface area contributed by atoms with Crippen LogP contribution in [0.4, 0.5) is 11.4 Å². The largest absolute Gasteiger partial charge is 0.366 e. The predicted octanol–water partition coefficient (Wildman–Crippen LogP) is 4.98. The summed E-state index contributed by atoms with van der Waals surface area (Å²) in [6.45, 7) is 7.76. The van der Waals surface area contributed by atoms with Gasteiger partial charge in [0, 0.05) is 25.0 Å². The molecule has 0 aliphatic carbocycles. The van der Waals surface area contributed by atoms with Gasteiger partial charge >= 0.3 is 0 Å². The van der Waals surface area contributed by atoms with E-state index in [1.807, 2.05) is 50.2 Å². The van der Waals surface area contributed by atoms with Crippen molar-refractivity contribution in [3.8, 4) is 0 Å². The van der Waals surface area contributed by atoms with E-state index in [1.165, 1.54) is 5.56 Å². The minimum Gasteiger partial charge on any atom is -0.366 e. The van der Waals surface area contributed by atoms with Crippen molar-refractivity contribution in [1.82, 2.24) is 4.98 Å². The SMILES string of the molecule is CCN(Cc1ccccc1)c1cncc(C(=O)Nc2cc(C)cc(C)c2)c1. The van der Waals surface area contributed by atoms with Crippen LogP contribution in [0.1, 0.15) is 34.0 Å². The third kappa shape index (κ3) is 4.94. The normalized spacial score (nSPS) is 10.5. The first-order valence-electron chi connectivity index (χ1n) is 9.18. The highest BCUT2D eigenvalue weighted by atomic mass is 16.1. The summed E-state index contributed by atoms with van der Waals surface area (Å²) >= 11 is 0. The van der Waals surface area contributed by atoms with Gasteiger partial charge in [-0.15, -0.1) is 0 Å². The molecule has 4 nitrogen and oxygen atoms in total. The maximum absolute atomic E-state index is 12.7. The summed E-state index contributed by atoms with van der Waals surface area (Å²) in [5.41, 5.74) is 5.77. The Morgan fingerprint density at radius 3 is 2.37 bits per heavy atom. The molecule has 0 aliphatic heterocycles. The number of carbonyl (C=O) groups excluding carboxylic acids is 1. The van der Waals surface area contributed by atoms with Gasteiger partial charge in [0.15, 0.2) is 0 Å². The lowest BCUT2D eigenvalue weighted by atomic mass is 10.1. The van der Waals surface area contributed by atoms with E-state index in [9.17, 15) is 4.79 Å². The summed E-state index contributed by atoms with van der Waals surface area (Å²) < 4.78 is 0. The van der Waals surface area contributed by atoms with Crippen LogP contribution in [0, 0.1) is 13.8 Å². The van der Waals surface area contributed by atoms with E-state index in [-0.39, 0.29) is 5.91 Å². The monoisotopic (exact) mass is 359 g/mol. The number of aryl methyl sites for hydroxylation is 2. The molecule has 1 amide bonds. The van der Waals surface area contributed by atoms with Gasteiger partial charge in [-0.3, -0.25) is 9.78 Å². The number of rotatable bonds is 6. The van der Waals surface area contributed by atoms with Gasteiger partial charge in [0.05, 0.1) is 17.4 Å². The molecular formula is C23H25N3O. The average Bonchev–Trinajstić information content (AvgIpc) is 2.66. The first kappa shape index (κ1) is 18.6. The molecule has 0 bridgehead atoms. The third-order valence-electron chi connectivity index (χ3n) is 4.43. The van der Waals surface area contributed by atoms with Gasteiger partial charge in [-0.2, -0.15) is 0 Å². The molecule has 3 rings (SSSR count). The zero-order valence-corrected chi connectivity index (χ0v) is 16.1. The van der Waals surface area contributed by atoms with E-state index in [1.54, 1.807) is 12.4 Å². The van der Waals surface area contributed by atoms with E-state index < -0.39 is 0 Å². The fourth-order valence-corrected chi connectivity index (χ4v) is 3.16. The second-order valence-corrected chi connectivity index (χ2v) is 6.76. The molecule has 0 unspecified atom stereocenters. The van der Waals surface area contributed by atoms with E-state index >= 15 is 0 Å². The standard InChI is InChI=1S/C23H25N3O/c1-4-26(16-19-8-6-5-7-9-19)22-13-20(14-24-15-22)23(27)25-21-11-17(2)10-18(3)12-21/h5-15H,4,16H2,1-3H3,(H,25,27). The van der Waals surface area contributed by atoms with Crippen LogP contribution in [0.5, 0.6) is 0 Å². The third-order valence-corrected chi connectivity index (χ3v) is 4.43. The van der Waals surface area contributed by atoms with Crippen molar-refractivity contribution in [1.29, 1.82) is 0 Å². The molecular weight excluding hydrogens is 334 g/mol. The van der Waals surface area contributed by atoms with Crippen molar-refractivity contribution in [2.75, 3.05) is 16.8 Å². The number of amides is 1. The van der Waals surface area contributed by atoms with Crippen molar-refractivity contribution in [3.63, 3.8) is 0 Å². The topological polar surface area (TPSA) is 45.2 Å². The van der Waals surface area contributed by atoms with Gasteiger partial charge in [0.1, 0.15) is 0 Å². The highest BCUT2D eigenvalue weighted by molar-refractivity contribution is 6.04. The van der Waals surface area contributed by atoms with Gasteiger partial charge in [-0.05, 0) is 55.7 Å². The maximum Gasteiger partial charge on any atom is 0.257 e. The molecule has 1 heterocycles. The second kappa shape index (κ2) is 8.49. The first-order chi connectivity index (χ1) is 13.0. The molecule has 0 fully saturated rings. The van der Waals surface area contributed by atoms with Gasteiger partial charge < -0.3 is 10.2 Å². The number of nitrogens with one attached hydrogen (secondary N) is 1. The van der Waals surface area contributed by atoms with E-state index in [0.717, 1.165) is 35.6 Å². The lowest BCUT2D eigenvalue weighted by Gasteiger charge is -2.23. The van der Waals surface area contributed by atoms with Crippen LogP contribution >= 0.6 is 0 Å². The van der Waals surface area contributed by atoms with Crippen molar-refractivity contribution < 1.29 is 4.79 Å². The number of anilines is 2. The molecule has 0 atom stereocenters. The number of benzene rings is 2. The molecule has 1 N–H and O–H groups in total. The Balaban J connectivity index is 1.78. The van der Waals surface area contributed by atoms with Crippen molar-refractivity contribution in [2.24, 2.45) is 0 Å². The number of carbonyl (C=O) groups is 1. The molecule has 2 aromatic carbocycles. The first-order valence-corrected chi connectivity index (χ1v) is 9.18. The predicted molar refractivity (Wildman–Crippen MR) is 111 cm³/mol. The van der Waals surface area contributed by atoms with Crippen LogP contribution in [0.2, 0.25) is 0 Å². The molecule has 0 saturated heterocycles. The molecule has 0 saturated carbocycles. The lowest BCUT2D eigenvalue weighted by molar-refractivity contribution is 0.102. The maximum atomic E-state index is 12.7. The minimum atomic E-state index is -0.148. The fourth-order valence-electron chi connectivity index (χ4n) is 3.16. The number of pyridine rings is 1. The quantitative estimate of drug-likeness (QED) is 0.675. The van der Waals surface area contributed by atoms with Crippen molar-refractivity contribution in [2.45, 2.75) is 27.3 Å².